The molecular formula is C7H17N3O2S. The average molecular weight is 207 g/mol. The molecule has 0 amide bonds. The van der Waals surface area contributed by atoms with E-state index < -0.39 is 0 Å². The van der Waals surface area contributed by atoms with Crippen LogP contribution in [-0.2, 0) is 9.47 Å². The Kier molecular flexibility index (Phi) is 7.86. The predicted molar refractivity (Wildman–Crippen MR) is 55.3 cm³/mol. The molecule has 0 spiro atoms. The van der Waals surface area contributed by atoms with Crippen LogP contribution in [0.4, 0.5) is 0 Å². The molecule has 0 fully saturated rings. The van der Waals surface area contributed by atoms with E-state index in [0.717, 1.165) is 0 Å². The molecule has 6 heteroatoms. The highest BCUT2D eigenvalue weighted by Gasteiger charge is 2.08. The number of rotatable bonds is 6. The highest BCUT2D eigenvalue weighted by molar-refractivity contribution is 8.13. The first kappa shape index (κ1) is 12.5. The molecule has 0 saturated heterocycles. The van der Waals surface area contributed by atoms with Crippen molar-refractivity contribution in [1.29, 1.82) is 0 Å². The van der Waals surface area contributed by atoms with Crippen LogP contribution in [0.15, 0.2) is 5.10 Å². The Balaban J connectivity index is 3.67. The van der Waals surface area contributed by atoms with Crippen LogP contribution in [0, 0.1) is 0 Å². The number of thioether (sulfide) groups is 1. The zero-order valence-corrected chi connectivity index (χ0v) is 8.84. The van der Waals surface area contributed by atoms with Crippen molar-refractivity contribution in [3.05, 3.63) is 0 Å². The third-order valence-electron chi connectivity index (χ3n) is 1.20. The molecule has 0 atom stereocenters. The molecule has 13 heavy (non-hydrogen) atoms. The lowest BCUT2D eigenvalue weighted by molar-refractivity contribution is -0.119. The fraction of sp³-hybridized carbons (Fsp3) is 0.857. The Labute approximate surface area is 82.8 Å². The first-order valence-corrected chi connectivity index (χ1v) is 5.12. The fourth-order valence-electron chi connectivity index (χ4n) is 0.707. The minimum Gasteiger partial charge on any atom is -0.377 e. The van der Waals surface area contributed by atoms with E-state index >= 15 is 0 Å². The lowest BCUT2D eigenvalue weighted by Gasteiger charge is -2.15. The second-order valence-corrected chi connectivity index (χ2v) is 3.16. The van der Waals surface area contributed by atoms with Crippen molar-refractivity contribution >= 4 is 16.9 Å². The van der Waals surface area contributed by atoms with Crippen molar-refractivity contribution in [2.45, 2.75) is 20.1 Å². The van der Waals surface area contributed by atoms with Gasteiger partial charge in [-0.2, -0.15) is 5.10 Å². The first-order chi connectivity index (χ1) is 6.24. The number of hydrazone groups is 1. The van der Waals surface area contributed by atoms with Crippen molar-refractivity contribution in [2.24, 2.45) is 16.7 Å². The van der Waals surface area contributed by atoms with Gasteiger partial charge < -0.3 is 21.1 Å². The number of amidine groups is 1. The SMILES string of the molecule is CCOC(CSC(N)=NN)OCC. The summed E-state index contributed by atoms with van der Waals surface area (Å²) in [5.41, 5.74) is 5.39. The summed E-state index contributed by atoms with van der Waals surface area (Å²) >= 11 is 1.32. The maximum atomic E-state index is 5.39. The zero-order chi connectivity index (χ0) is 10.1. The Hall–Kier alpha value is -0.460. The third kappa shape index (κ3) is 6.68. The van der Waals surface area contributed by atoms with Crippen molar-refractivity contribution in [1.82, 2.24) is 0 Å². The van der Waals surface area contributed by atoms with Gasteiger partial charge in [-0.3, -0.25) is 0 Å². The van der Waals surface area contributed by atoms with Crippen molar-refractivity contribution in [3.8, 4) is 0 Å². The summed E-state index contributed by atoms with van der Waals surface area (Å²) < 4.78 is 10.6. The van der Waals surface area contributed by atoms with Crippen molar-refractivity contribution in [2.75, 3.05) is 19.0 Å². The van der Waals surface area contributed by atoms with Crippen LogP contribution in [0.3, 0.4) is 0 Å². The number of ether oxygens (including phenoxy) is 2. The molecule has 0 bridgehead atoms. The van der Waals surface area contributed by atoms with Gasteiger partial charge in [0.1, 0.15) is 0 Å². The maximum Gasteiger partial charge on any atom is 0.177 e. The van der Waals surface area contributed by atoms with Gasteiger partial charge >= 0.3 is 0 Å². The van der Waals surface area contributed by atoms with Gasteiger partial charge in [0.2, 0.25) is 0 Å². The van der Waals surface area contributed by atoms with E-state index in [1.165, 1.54) is 11.8 Å². The van der Waals surface area contributed by atoms with E-state index in [9.17, 15) is 0 Å². The van der Waals surface area contributed by atoms with Crippen LogP contribution in [0.2, 0.25) is 0 Å². The largest absolute Gasteiger partial charge is 0.377 e. The van der Waals surface area contributed by atoms with Gasteiger partial charge in [-0.05, 0) is 13.8 Å². The van der Waals surface area contributed by atoms with Gasteiger partial charge in [0.05, 0.1) is 5.75 Å². The van der Waals surface area contributed by atoms with Gasteiger partial charge in [0, 0.05) is 13.2 Å². The Bertz CT molecular complexity index is 149. The molecule has 0 aliphatic carbocycles. The topological polar surface area (TPSA) is 82.9 Å². The van der Waals surface area contributed by atoms with Gasteiger partial charge in [-0.15, -0.1) is 0 Å². The van der Waals surface area contributed by atoms with E-state index in [1.54, 1.807) is 0 Å². The summed E-state index contributed by atoms with van der Waals surface area (Å²) in [4.78, 5) is 0. The smallest absolute Gasteiger partial charge is 0.177 e. The lowest BCUT2D eigenvalue weighted by Crippen LogP contribution is -2.22. The minimum absolute atomic E-state index is 0.236. The van der Waals surface area contributed by atoms with Gasteiger partial charge in [0.25, 0.3) is 0 Å². The van der Waals surface area contributed by atoms with E-state index in [1.807, 2.05) is 13.8 Å². The standard InChI is InChI=1S/C7H17N3O2S/c1-3-11-6(12-4-2)5-13-7(8)10-9/h6H,3-5,9H2,1-2H3,(H2,8,10). The molecule has 5 nitrogen and oxygen atoms in total. The monoisotopic (exact) mass is 207 g/mol. The van der Waals surface area contributed by atoms with E-state index in [4.69, 9.17) is 21.1 Å². The second kappa shape index (κ2) is 8.15. The van der Waals surface area contributed by atoms with Crippen LogP contribution in [0.5, 0.6) is 0 Å². The van der Waals surface area contributed by atoms with Crippen LogP contribution in [0.25, 0.3) is 0 Å². The number of nitrogens with zero attached hydrogens (tertiary/aromatic N) is 1. The van der Waals surface area contributed by atoms with E-state index in [-0.39, 0.29) is 6.29 Å². The molecule has 0 aromatic rings. The molecule has 0 aliphatic rings. The second-order valence-electron chi connectivity index (χ2n) is 2.12. The van der Waals surface area contributed by atoms with Crippen molar-refractivity contribution in [3.63, 3.8) is 0 Å². The molecule has 0 rings (SSSR count). The van der Waals surface area contributed by atoms with Crippen LogP contribution in [0.1, 0.15) is 13.8 Å². The molecular weight excluding hydrogens is 190 g/mol. The molecule has 0 radical (unpaired) electrons. The van der Waals surface area contributed by atoms with Gasteiger partial charge in [-0.25, -0.2) is 0 Å². The lowest BCUT2D eigenvalue weighted by atomic mass is 10.7. The normalized spacial score (nSPS) is 12.4. The Morgan fingerprint density at radius 2 is 1.92 bits per heavy atom. The van der Waals surface area contributed by atoms with Crippen molar-refractivity contribution < 1.29 is 9.47 Å². The number of hydrogen-bond acceptors (Lipinski definition) is 5. The molecule has 4 N–H and O–H groups in total. The summed E-state index contributed by atoms with van der Waals surface area (Å²) in [5, 5.41) is 3.66. The molecule has 0 unspecified atom stereocenters. The molecule has 0 aliphatic heterocycles. The Morgan fingerprint density at radius 3 is 2.31 bits per heavy atom. The predicted octanol–water partition coefficient (Wildman–Crippen LogP) is 0.307. The summed E-state index contributed by atoms with van der Waals surface area (Å²) in [5.74, 6) is 5.57. The number of hydrogen-bond donors (Lipinski definition) is 2. The van der Waals surface area contributed by atoms with Crippen LogP contribution < -0.4 is 11.6 Å². The Morgan fingerprint density at radius 1 is 1.38 bits per heavy atom. The molecule has 0 aromatic carbocycles. The number of nitrogens with two attached hydrogens (primary N) is 2. The maximum absolute atomic E-state index is 5.39. The molecule has 0 aromatic heterocycles. The fourth-order valence-corrected chi connectivity index (χ4v) is 1.28. The van der Waals surface area contributed by atoms with Gasteiger partial charge in [-0.1, -0.05) is 11.8 Å². The van der Waals surface area contributed by atoms with E-state index in [0.29, 0.717) is 24.1 Å². The highest BCUT2D eigenvalue weighted by atomic mass is 32.2. The first-order valence-electron chi connectivity index (χ1n) is 4.13. The summed E-state index contributed by atoms with van der Waals surface area (Å²) in [6, 6.07) is 0. The van der Waals surface area contributed by atoms with Gasteiger partial charge in [0.15, 0.2) is 11.5 Å². The minimum atomic E-state index is -0.236. The summed E-state index contributed by atoms with van der Waals surface area (Å²) in [6.45, 7) is 5.06. The molecule has 78 valence electrons. The summed E-state index contributed by atoms with van der Waals surface area (Å²) in [6.07, 6.45) is -0.236. The zero-order valence-electron chi connectivity index (χ0n) is 8.03. The summed E-state index contributed by atoms with van der Waals surface area (Å²) in [7, 11) is 0. The van der Waals surface area contributed by atoms with Crippen LogP contribution in [-0.4, -0.2) is 30.4 Å². The molecule has 0 heterocycles. The highest BCUT2D eigenvalue weighted by Crippen LogP contribution is 2.06. The average Bonchev–Trinajstić information content (AvgIpc) is 2.14. The molecule has 0 saturated carbocycles. The third-order valence-corrected chi connectivity index (χ3v) is 2.04. The van der Waals surface area contributed by atoms with E-state index in [2.05, 4.69) is 5.10 Å². The van der Waals surface area contributed by atoms with Crippen LogP contribution >= 0.6 is 11.8 Å². The quantitative estimate of drug-likeness (QED) is 0.215.